The molecule has 3 atom stereocenters. The van der Waals surface area contributed by atoms with Crippen molar-refractivity contribution in [3.63, 3.8) is 0 Å². The first-order chi connectivity index (χ1) is 12.7. The van der Waals surface area contributed by atoms with E-state index >= 15 is 0 Å². The summed E-state index contributed by atoms with van der Waals surface area (Å²) in [4.78, 5) is 14.3. The van der Waals surface area contributed by atoms with E-state index in [2.05, 4.69) is 21.9 Å². The lowest BCUT2D eigenvalue weighted by molar-refractivity contribution is -0.115. The maximum Gasteiger partial charge on any atom is 0.242 e. The highest BCUT2D eigenvalue weighted by Gasteiger charge is 2.27. The number of anilines is 2. The van der Waals surface area contributed by atoms with E-state index in [1.807, 2.05) is 13.8 Å². The molecule has 27 heavy (non-hydrogen) atoms. The Kier molecular flexibility index (Phi) is 7.54. The van der Waals surface area contributed by atoms with Crippen LogP contribution in [0.5, 0.6) is 0 Å². The molecule has 1 amide bonds. The molecule has 1 aliphatic rings. The fraction of sp³-hybridized carbons (Fsp3) is 0.632. The number of carbonyl (C=O) groups is 1. The van der Waals surface area contributed by atoms with Crippen LogP contribution >= 0.6 is 11.6 Å². The van der Waals surface area contributed by atoms with Crippen molar-refractivity contribution in [3.8, 4) is 0 Å². The van der Waals surface area contributed by atoms with E-state index in [0.29, 0.717) is 17.8 Å². The van der Waals surface area contributed by atoms with Crippen LogP contribution < -0.4 is 14.9 Å². The summed E-state index contributed by atoms with van der Waals surface area (Å²) in [6, 6.07) is 5.12. The molecular weight excluding hydrogens is 386 g/mol. The Balaban J connectivity index is 2.47. The number of nitrogens with one attached hydrogen (secondary N) is 2. The first kappa shape index (κ1) is 22.0. The van der Waals surface area contributed by atoms with Gasteiger partial charge >= 0.3 is 0 Å². The Morgan fingerprint density at radius 1 is 1.33 bits per heavy atom. The number of rotatable bonds is 7. The van der Waals surface area contributed by atoms with Gasteiger partial charge in [0.25, 0.3) is 0 Å². The molecule has 0 aliphatic carbocycles. The highest BCUT2D eigenvalue weighted by atomic mass is 35.5. The van der Waals surface area contributed by atoms with Gasteiger partial charge in [-0.2, -0.15) is 0 Å². The summed E-state index contributed by atoms with van der Waals surface area (Å²) >= 11 is 5.82. The molecule has 0 saturated carbocycles. The van der Waals surface area contributed by atoms with Crippen LogP contribution in [0, 0.1) is 0 Å². The fourth-order valence-corrected chi connectivity index (χ4v) is 4.77. The Labute approximate surface area is 167 Å². The van der Waals surface area contributed by atoms with Gasteiger partial charge in [0.1, 0.15) is 10.3 Å². The standard InChI is InChI=1S/C19H30ClN3O3S/c1-5-13(2)22-27(25,26)18-12-16(21-19(24)15(4)20)9-10-17(18)23-11-7-6-8-14(23)3/h9-10,12-15,22H,5-8,11H2,1-4H3,(H,21,24)/t13-,14-,15-/m0/s1. The number of amides is 1. The highest BCUT2D eigenvalue weighted by Crippen LogP contribution is 2.33. The smallest absolute Gasteiger partial charge is 0.242 e. The summed E-state index contributed by atoms with van der Waals surface area (Å²) in [6.45, 7) is 8.27. The number of carbonyl (C=O) groups excluding carboxylic acids is 1. The number of hydrogen-bond acceptors (Lipinski definition) is 4. The second-order valence-corrected chi connectivity index (χ2v) is 9.59. The minimum absolute atomic E-state index is 0.178. The molecule has 1 aliphatic heterocycles. The maximum absolute atomic E-state index is 13.1. The molecule has 0 spiro atoms. The lowest BCUT2D eigenvalue weighted by Gasteiger charge is -2.36. The van der Waals surface area contributed by atoms with E-state index in [-0.39, 0.29) is 22.9 Å². The van der Waals surface area contributed by atoms with Gasteiger partial charge in [-0.15, -0.1) is 11.6 Å². The first-order valence-electron chi connectivity index (χ1n) is 9.53. The molecular formula is C19H30ClN3O3S. The van der Waals surface area contributed by atoms with Gasteiger partial charge in [-0.1, -0.05) is 6.92 Å². The van der Waals surface area contributed by atoms with Crippen molar-refractivity contribution in [3.05, 3.63) is 18.2 Å². The summed E-state index contributed by atoms with van der Waals surface area (Å²) in [6.07, 6.45) is 3.90. The Bertz CT molecular complexity index is 767. The minimum Gasteiger partial charge on any atom is -0.368 e. The molecule has 1 aromatic rings. The molecule has 1 fully saturated rings. The van der Waals surface area contributed by atoms with Crippen molar-refractivity contribution in [2.24, 2.45) is 0 Å². The molecule has 2 N–H and O–H groups in total. The molecule has 6 nitrogen and oxygen atoms in total. The largest absolute Gasteiger partial charge is 0.368 e. The van der Waals surface area contributed by atoms with Gasteiger partial charge in [0, 0.05) is 24.3 Å². The third kappa shape index (κ3) is 5.59. The topological polar surface area (TPSA) is 78.5 Å². The summed E-state index contributed by atoms with van der Waals surface area (Å²) in [5, 5.41) is 1.98. The van der Waals surface area contributed by atoms with E-state index in [9.17, 15) is 13.2 Å². The second kappa shape index (κ2) is 9.26. The van der Waals surface area contributed by atoms with Crippen LogP contribution in [0.15, 0.2) is 23.1 Å². The Morgan fingerprint density at radius 2 is 2.04 bits per heavy atom. The van der Waals surface area contributed by atoms with Crippen LogP contribution in [0.4, 0.5) is 11.4 Å². The van der Waals surface area contributed by atoms with Crippen molar-refractivity contribution in [2.45, 2.75) is 75.7 Å². The first-order valence-corrected chi connectivity index (χ1v) is 11.5. The average molecular weight is 416 g/mol. The summed E-state index contributed by atoms with van der Waals surface area (Å²) in [5.74, 6) is -0.367. The number of nitrogens with zero attached hydrogens (tertiary/aromatic N) is 1. The van der Waals surface area contributed by atoms with E-state index < -0.39 is 15.4 Å². The Hall–Kier alpha value is -1.31. The van der Waals surface area contributed by atoms with Gasteiger partial charge < -0.3 is 10.2 Å². The lowest BCUT2D eigenvalue weighted by Crippen LogP contribution is -2.39. The molecule has 0 radical (unpaired) electrons. The van der Waals surface area contributed by atoms with Gasteiger partial charge in [-0.3, -0.25) is 4.79 Å². The predicted molar refractivity (Wildman–Crippen MR) is 111 cm³/mol. The molecule has 0 aromatic heterocycles. The lowest BCUT2D eigenvalue weighted by atomic mass is 10.0. The summed E-state index contributed by atoms with van der Waals surface area (Å²) in [7, 11) is -3.73. The maximum atomic E-state index is 13.1. The van der Waals surface area contributed by atoms with Crippen LogP contribution in [-0.4, -0.2) is 38.3 Å². The third-order valence-electron chi connectivity index (χ3n) is 4.96. The van der Waals surface area contributed by atoms with Crippen molar-refractivity contribution >= 4 is 38.9 Å². The molecule has 8 heteroatoms. The van der Waals surface area contributed by atoms with Gasteiger partial charge in [0.15, 0.2) is 0 Å². The third-order valence-corrected chi connectivity index (χ3v) is 6.78. The quantitative estimate of drug-likeness (QED) is 0.665. The van der Waals surface area contributed by atoms with E-state index in [1.165, 1.54) is 6.07 Å². The highest BCUT2D eigenvalue weighted by molar-refractivity contribution is 7.89. The molecule has 0 unspecified atom stereocenters. The van der Waals surface area contributed by atoms with Gasteiger partial charge in [-0.25, -0.2) is 13.1 Å². The van der Waals surface area contributed by atoms with Crippen molar-refractivity contribution < 1.29 is 13.2 Å². The second-order valence-electron chi connectivity index (χ2n) is 7.26. The van der Waals surface area contributed by atoms with Crippen LogP contribution in [-0.2, 0) is 14.8 Å². The molecule has 1 saturated heterocycles. The number of hydrogen-bond donors (Lipinski definition) is 2. The van der Waals surface area contributed by atoms with Gasteiger partial charge in [-0.05, 0) is 64.7 Å². The molecule has 1 heterocycles. The summed E-state index contributed by atoms with van der Waals surface area (Å²) in [5.41, 5.74) is 1.10. The van der Waals surface area contributed by atoms with Crippen molar-refractivity contribution in [1.82, 2.24) is 4.72 Å². The zero-order valence-corrected chi connectivity index (χ0v) is 18.0. The van der Waals surface area contributed by atoms with Crippen LogP contribution in [0.25, 0.3) is 0 Å². The zero-order valence-electron chi connectivity index (χ0n) is 16.5. The molecule has 2 rings (SSSR count). The van der Waals surface area contributed by atoms with Crippen molar-refractivity contribution in [1.29, 1.82) is 0 Å². The number of halogens is 1. The van der Waals surface area contributed by atoms with Crippen LogP contribution in [0.2, 0.25) is 0 Å². The normalized spacial score (nSPS) is 20.2. The number of piperidine rings is 1. The zero-order chi connectivity index (χ0) is 20.2. The van der Waals surface area contributed by atoms with Gasteiger partial charge in [0.2, 0.25) is 15.9 Å². The van der Waals surface area contributed by atoms with Gasteiger partial charge in [0.05, 0.1) is 5.69 Å². The van der Waals surface area contributed by atoms with E-state index in [0.717, 1.165) is 25.8 Å². The van der Waals surface area contributed by atoms with E-state index in [4.69, 9.17) is 11.6 Å². The predicted octanol–water partition coefficient (Wildman–Crippen LogP) is 3.71. The van der Waals surface area contributed by atoms with Crippen LogP contribution in [0.1, 0.15) is 53.4 Å². The summed E-state index contributed by atoms with van der Waals surface area (Å²) < 4.78 is 28.9. The number of benzene rings is 1. The van der Waals surface area contributed by atoms with E-state index in [1.54, 1.807) is 19.1 Å². The SMILES string of the molecule is CC[C@H](C)NS(=O)(=O)c1cc(NC(=O)[C@H](C)Cl)ccc1N1CCCC[C@@H]1C. The fourth-order valence-electron chi connectivity index (χ4n) is 3.15. The number of sulfonamides is 1. The van der Waals surface area contributed by atoms with Crippen LogP contribution in [0.3, 0.4) is 0 Å². The Morgan fingerprint density at radius 3 is 2.63 bits per heavy atom. The molecule has 1 aromatic carbocycles. The number of alkyl halides is 1. The molecule has 152 valence electrons. The van der Waals surface area contributed by atoms with Crippen molar-refractivity contribution in [2.75, 3.05) is 16.8 Å². The monoisotopic (exact) mass is 415 g/mol. The molecule has 0 bridgehead atoms. The average Bonchev–Trinajstić information content (AvgIpc) is 2.61. The minimum atomic E-state index is -3.73.